The molecule has 1 N–H and O–H groups in total. The van der Waals surface area contributed by atoms with Crippen LogP contribution in [0.4, 0.5) is 4.39 Å². The molecule has 0 amide bonds. The summed E-state index contributed by atoms with van der Waals surface area (Å²) in [4.78, 5) is 0. The molecule has 0 aliphatic heterocycles. The molecule has 0 spiro atoms. The van der Waals surface area contributed by atoms with Crippen molar-refractivity contribution in [1.82, 2.24) is 0 Å². The van der Waals surface area contributed by atoms with E-state index in [0.717, 1.165) is 23.1 Å². The summed E-state index contributed by atoms with van der Waals surface area (Å²) < 4.78 is 14.0. The van der Waals surface area contributed by atoms with Gasteiger partial charge >= 0.3 is 0 Å². The third kappa shape index (κ3) is 2.05. The minimum Gasteiger partial charge on any atom is -0.388 e. The van der Waals surface area contributed by atoms with Crippen LogP contribution in [0.1, 0.15) is 29.2 Å². The van der Waals surface area contributed by atoms with Gasteiger partial charge in [-0.25, -0.2) is 4.39 Å². The molecule has 0 radical (unpaired) electrons. The number of aliphatic hydroxyl groups is 1. The van der Waals surface area contributed by atoms with Crippen molar-refractivity contribution in [2.75, 3.05) is 0 Å². The van der Waals surface area contributed by atoms with Crippen molar-refractivity contribution in [2.45, 2.75) is 25.9 Å². The summed E-state index contributed by atoms with van der Waals surface area (Å²) in [5, 5.41) is 10.4. The van der Waals surface area contributed by atoms with E-state index in [-0.39, 0.29) is 5.82 Å². The van der Waals surface area contributed by atoms with E-state index in [1.165, 1.54) is 6.07 Å². The predicted octanol–water partition coefficient (Wildman–Crippen LogP) is 4.43. The highest BCUT2D eigenvalue weighted by Crippen LogP contribution is 2.41. The molecule has 98 valence electrons. The smallest absolute Gasteiger partial charge is 0.131 e. The molecule has 0 bridgehead atoms. The van der Waals surface area contributed by atoms with Crippen LogP contribution in [0.5, 0.6) is 0 Å². The summed E-state index contributed by atoms with van der Waals surface area (Å²) >= 11 is 6.40. The van der Waals surface area contributed by atoms with Crippen molar-refractivity contribution < 1.29 is 9.50 Å². The summed E-state index contributed by atoms with van der Waals surface area (Å²) in [7, 11) is 0. The van der Waals surface area contributed by atoms with Crippen LogP contribution in [0, 0.1) is 12.7 Å². The molecular formula is C16H14ClFO. The van der Waals surface area contributed by atoms with Crippen molar-refractivity contribution in [3.63, 3.8) is 0 Å². The fourth-order valence-corrected chi connectivity index (χ4v) is 3.06. The lowest BCUT2D eigenvalue weighted by molar-refractivity contribution is 0.180. The van der Waals surface area contributed by atoms with Crippen LogP contribution in [0.25, 0.3) is 11.1 Å². The van der Waals surface area contributed by atoms with Gasteiger partial charge in [0, 0.05) is 11.1 Å². The van der Waals surface area contributed by atoms with Crippen LogP contribution in [0.15, 0.2) is 30.3 Å². The van der Waals surface area contributed by atoms with Crippen molar-refractivity contribution >= 4 is 11.6 Å². The lowest BCUT2D eigenvalue weighted by Crippen LogP contribution is -1.93. The number of benzene rings is 2. The number of fused-ring (bicyclic) bond motifs is 1. The first-order valence-electron chi connectivity index (χ1n) is 6.34. The van der Waals surface area contributed by atoms with Crippen molar-refractivity contribution in [2.24, 2.45) is 0 Å². The molecule has 2 aromatic rings. The van der Waals surface area contributed by atoms with Gasteiger partial charge in [-0.1, -0.05) is 35.4 Å². The number of aliphatic hydroxyl groups excluding tert-OH is 1. The Bertz CT molecular complexity index is 651. The first-order valence-corrected chi connectivity index (χ1v) is 6.71. The molecule has 0 fully saturated rings. The van der Waals surface area contributed by atoms with Gasteiger partial charge in [0.2, 0.25) is 0 Å². The Balaban J connectivity index is 2.19. The van der Waals surface area contributed by atoms with Gasteiger partial charge in [0.15, 0.2) is 0 Å². The third-order valence-corrected chi connectivity index (χ3v) is 4.15. The molecular weight excluding hydrogens is 263 g/mol. The lowest BCUT2D eigenvalue weighted by atomic mass is 9.98. The molecule has 0 heterocycles. The Labute approximate surface area is 116 Å². The maximum Gasteiger partial charge on any atom is 0.131 e. The van der Waals surface area contributed by atoms with E-state index < -0.39 is 6.10 Å². The number of aryl methyl sites for hydroxylation is 1. The molecule has 1 atom stereocenters. The quantitative estimate of drug-likeness (QED) is 0.817. The van der Waals surface area contributed by atoms with E-state index in [1.54, 1.807) is 18.2 Å². The second kappa shape index (κ2) is 4.62. The zero-order chi connectivity index (χ0) is 13.6. The summed E-state index contributed by atoms with van der Waals surface area (Å²) in [5.74, 6) is -0.272. The van der Waals surface area contributed by atoms with Gasteiger partial charge in [-0.2, -0.15) is 0 Å². The van der Waals surface area contributed by atoms with E-state index in [0.29, 0.717) is 22.6 Å². The number of hydrogen-bond donors (Lipinski definition) is 1. The Hall–Kier alpha value is -1.38. The highest BCUT2D eigenvalue weighted by Gasteiger charge is 2.24. The summed E-state index contributed by atoms with van der Waals surface area (Å²) in [6.45, 7) is 1.92. The van der Waals surface area contributed by atoms with Crippen LogP contribution in [-0.4, -0.2) is 5.11 Å². The zero-order valence-electron chi connectivity index (χ0n) is 10.6. The third-order valence-electron chi connectivity index (χ3n) is 3.72. The van der Waals surface area contributed by atoms with Gasteiger partial charge in [-0.15, -0.1) is 0 Å². The van der Waals surface area contributed by atoms with E-state index in [4.69, 9.17) is 11.6 Å². The lowest BCUT2D eigenvalue weighted by Gasteiger charge is -2.12. The highest BCUT2D eigenvalue weighted by molar-refractivity contribution is 6.34. The summed E-state index contributed by atoms with van der Waals surface area (Å²) in [6.07, 6.45) is 0.995. The zero-order valence-corrected chi connectivity index (χ0v) is 11.3. The van der Waals surface area contributed by atoms with E-state index in [2.05, 4.69) is 0 Å². The van der Waals surface area contributed by atoms with Gasteiger partial charge in [0.25, 0.3) is 0 Å². The minimum atomic E-state index is -0.441. The monoisotopic (exact) mass is 276 g/mol. The van der Waals surface area contributed by atoms with Crippen LogP contribution in [-0.2, 0) is 6.42 Å². The molecule has 0 unspecified atom stereocenters. The van der Waals surface area contributed by atoms with Gasteiger partial charge in [0.05, 0.1) is 11.1 Å². The van der Waals surface area contributed by atoms with Gasteiger partial charge in [0.1, 0.15) is 5.82 Å². The van der Waals surface area contributed by atoms with E-state index in [1.807, 2.05) is 13.0 Å². The van der Waals surface area contributed by atoms with Gasteiger partial charge in [-0.05, 0) is 43.0 Å². The first-order chi connectivity index (χ1) is 9.08. The fraction of sp³-hybridized carbons (Fsp3) is 0.250. The maximum atomic E-state index is 14.0. The molecule has 0 saturated heterocycles. The normalized spacial score (nSPS) is 17.6. The molecule has 3 rings (SSSR count). The average molecular weight is 277 g/mol. The molecule has 1 aliphatic rings. The van der Waals surface area contributed by atoms with Crippen LogP contribution in [0.3, 0.4) is 0 Å². The molecule has 1 aliphatic carbocycles. The maximum absolute atomic E-state index is 14.0. The molecule has 3 heteroatoms. The Morgan fingerprint density at radius 2 is 2.00 bits per heavy atom. The summed E-state index contributed by atoms with van der Waals surface area (Å²) in [6, 6.07) is 8.66. The fourth-order valence-electron chi connectivity index (χ4n) is 2.69. The van der Waals surface area contributed by atoms with Gasteiger partial charge in [-0.3, -0.25) is 0 Å². The first kappa shape index (κ1) is 12.6. The number of halogens is 2. The Morgan fingerprint density at radius 1 is 1.21 bits per heavy atom. The van der Waals surface area contributed by atoms with Crippen LogP contribution in [0.2, 0.25) is 5.02 Å². The van der Waals surface area contributed by atoms with E-state index in [9.17, 15) is 9.50 Å². The topological polar surface area (TPSA) is 20.2 Å². The van der Waals surface area contributed by atoms with Crippen LogP contribution >= 0.6 is 11.6 Å². The summed E-state index contributed by atoms with van der Waals surface area (Å²) in [5.41, 5.74) is 4.05. The van der Waals surface area contributed by atoms with Crippen molar-refractivity contribution in [3.05, 3.63) is 57.9 Å². The van der Waals surface area contributed by atoms with Crippen molar-refractivity contribution in [1.29, 1.82) is 0 Å². The Kier molecular flexibility index (Phi) is 3.08. The average Bonchev–Trinajstić information content (AvgIpc) is 2.76. The number of hydrogen-bond acceptors (Lipinski definition) is 1. The van der Waals surface area contributed by atoms with Crippen LogP contribution < -0.4 is 0 Å². The highest BCUT2D eigenvalue weighted by atomic mass is 35.5. The van der Waals surface area contributed by atoms with E-state index >= 15 is 0 Å². The molecule has 1 nitrogen and oxygen atoms in total. The second-order valence-corrected chi connectivity index (χ2v) is 5.41. The second-order valence-electron chi connectivity index (χ2n) is 5.03. The van der Waals surface area contributed by atoms with Crippen molar-refractivity contribution in [3.8, 4) is 11.1 Å². The predicted molar refractivity (Wildman–Crippen MR) is 74.9 cm³/mol. The Morgan fingerprint density at radius 3 is 2.79 bits per heavy atom. The van der Waals surface area contributed by atoms with Gasteiger partial charge < -0.3 is 5.11 Å². The largest absolute Gasteiger partial charge is 0.388 e. The number of rotatable bonds is 1. The minimum absolute atomic E-state index is 0.272. The molecule has 2 aromatic carbocycles. The standard InChI is InChI=1S/C16H14ClFO/c1-9-2-6-14(18)13(8-9)12-4-3-10-11(16(12)17)5-7-15(10)19/h2-4,6,8,15,19H,5,7H2,1H3/t15-/m0/s1. The molecule has 19 heavy (non-hydrogen) atoms. The molecule has 0 saturated carbocycles. The molecule has 0 aromatic heterocycles. The SMILES string of the molecule is Cc1ccc(F)c(-c2ccc3c(c2Cl)CC[C@@H]3O)c1.